The molecule has 7 nitrogen and oxygen atoms in total. The number of hydroxylamine groups is 1. The minimum atomic E-state index is -1.14. The highest BCUT2D eigenvalue weighted by Crippen LogP contribution is 2.21. The molecule has 0 aliphatic carbocycles. The normalized spacial score (nSPS) is 19.4. The van der Waals surface area contributed by atoms with Crippen LogP contribution in [0, 0.1) is 0 Å². The third kappa shape index (κ3) is 4.58. The Morgan fingerprint density at radius 3 is 2.88 bits per heavy atom. The zero-order valence-corrected chi connectivity index (χ0v) is 9.59. The average Bonchev–Trinajstić information content (AvgIpc) is 2.73. The van der Waals surface area contributed by atoms with Crippen LogP contribution in [0.15, 0.2) is 0 Å². The van der Waals surface area contributed by atoms with E-state index in [2.05, 4.69) is 10.3 Å². The van der Waals surface area contributed by atoms with Gasteiger partial charge in [0.2, 0.25) is 0 Å². The average molecular weight is 246 g/mol. The van der Waals surface area contributed by atoms with Crippen LogP contribution in [0.3, 0.4) is 0 Å². The maximum atomic E-state index is 11.6. The molecular weight excluding hydrogens is 228 g/mol. The van der Waals surface area contributed by atoms with Crippen molar-refractivity contribution >= 4 is 12.0 Å². The first-order chi connectivity index (χ1) is 8.15. The summed E-state index contributed by atoms with van der Waals surface area (Å²) in [6.45, 7) is 0.195. The monoisotopic (exact) mass is 246 g/mol. The molecular formula is C10H18N2O5. The molecule has 1 heterocycles. The number of carbonyl (C=O) groups excluding carboxylic acids is 1. The summed E-state index contributed by atoms with van der Waals surface area (Å²) in [5, 5.41) is 17.1. The fourth-order valence-corrected chi connectivity index (χ4v) is 1.95. The molecule has 0 aromatic rings. The summed E-state index contributed by atoms with van der Waals surface area (Å²) in [6.07, 6.45) is 3.24. The molecule has 0 saturated carbocycles. The lowest BCUT2D eigenvalue weighted by Crippen LogP contribution is -2.43. The minimum Gasteiger partial charge on any atom is -0.479 e. The van der Waals surface area contributed by atoms with Gasteiger partial charge in [0.25, 0.3) is 0 Å². The van der Waals surface area contributed by atoms with E-state index in [-0.39, 0.29) is 12.6 Å². The van der Waals surface area contributed by atoms with Crippen LogP contribution in [0.4, 0.5) is 4.79 Å². The van der Waals surface area contributed by atoms with Gasteiger partial charge >= 0.3 is 12.0 Å². The van der Waals surface area contributed by atoms with Crippen molar-refractivity contribution in [3.63, 3.8) is 0 Å². The molecule has 1 fully saturated rings. The molecule has 17 heavy (non-hydrogen) atoms. The summed E-state index contributed by atoms with van der Waals surface area (Å²) in [5.74, 6) is -1.14. The van der Waals surface area contributed by atoms with Crippen molar-refractivity contribution in [3.8, 4) is 0 Å². The number of carboxylic acids is 1. The van der Waals surface area contributed by atoms with Gasteiger partial charge in [-0.2, -0.15) is 0 Å². The summed E-state index contributed by atoms with van der Waals surface area (Å²) >= 11 is 0. The molecule has 1 aliphatic heterocycles. The van der Waals surface area contributed by atoms with Crippen molar-refractivity contribution in [2.75, 3.05) is 19.8 Å². The first kappa shape index (κ1) is 13.7. The first-order valence-electron chi connectivity index (χ1n) is 5.66. The standard InChI is InChI=1S/C10H18N2O5/c13-6-2-4-8-3-1-5-12(8)10(16)11-17-7-9(14)15/h8,13H,1-7H2,(H,11,16)(H,14,15). The lowest BCUT2D eigenvalue weighted by Gasteiger charge is -2.24. The zero-order valence-electron chi connectivity index (χ0n) is 9.59. The van der Waals surface area contributed by atoms with E-state index in [9.17, 15) is 9.59 Å². The number of nitrogens with one attached hydrogen (secondary N) is 1. The molecule has 1 atom stereocenters. The van der Waals surface area contributed by atoms with Gasteiger partial charge in [-0.3, -0.25) is 4.84 Å². The molecule has 0 spiro atoms. The predicted octanol–water partition coefficient (Wildman–Crippen LogP) is -0.0509. The lowest BCUT2D eigenvalue weighted by atomic mass is 10.1. The van der Waals surface area contributed by atoms with Gasteiger partial charge < -0.3 is 15.1 Å². The van der Waals surface area contributed by atoms with Crippen LogP contribution in [0.5, 0.6) is 0 Å². The van der Waals surface area contributed by atoms with E-state index < -0.39 is 18.6 Å². The Morgan fingerprint density at radius 2 is 2.24 bits per heavy atom. The van der Waals surface area contributed by atoms with Crippen LogP contribution < -0.4 is 5.48 Å². The topological polar surface area (TPSA) is 99.1 Å². The summed E-state index contributed by atoms with van der Waals surface area (Å²) in [6, 6.07) is -0.303. The van der Waals surface area contributed by atoms with Crippen molar-refractivity contribution in [1.82, 2.24) is 10.4 Å². The summed E-state index contributed by atoms with van der Waals surface area (Å²) in [7, 11) is 0. The molecule has 1 saturated heterocycles. The second-order valence-corrected chi connectivity index (χ2v) is 3.94. The number of aliphatic hydroxyl groups excluding tert-OH is 1. The van der Waals surface area contributed by atoms with E-state index in [1.54, 1.807) is 4.90 Å². The maximum absolute atomic E-state index is 11.6. The minimum absolute atomic E-state index is 0.107. The number of aliphatic carboxylic acids is 1. The van der Waals surface area contributed by atoms with E-state index in [0.717, 1.165) is 19.3 Å². The van der Waals surface area contributed by atoms with Gasteiger partial charge in [-0.15, -0.1) is 0 Å². The van der Waals surface area contributed by atoms with Crippen LogP contribution in [0.2, 0.25) is 0 Å². The van der Waals surface area contributed by atoms with Crippen LogP contribution in [0.25, 0.3) is 0 Å². The van der Waals surface area contributed by atoms with Gasteiger partial charge in [-0.25, -0.2) is 15.1 Å². The Balaban J connectivity index is 2.31. The van der Waals surface area contributed by atoms with Crippen LogP contribution in [-0.4, -0.2) is 52.9 Å². The van der Waals surface area contributed by atoms with Gasteiger partial charge in [-0.1, -0.05) is 0 Å². The van der Waals surface area contributed by atoms with Gasteiger partial charge in [0.05, 0.1) is 0 Å². The Kier molecular flexibility index (Phi) is 5.71. The smallest absolute Gasteiger partial charge is 0.341 e. The third-order valence-electron chi connectivity index (χ3n) is 2.69. The van der Waals surface area contributed by atoms with Crippen molar-refractivity contribution in [1.29, 1.82) is 0 Å². The molecule has 2 amide bonds. The zero-order chi connectivity index (χ0) is 12.7. The molecule has 7 heteroatoms. The number of carboxylic acid groups (broad SMARTS) is 1. The number of carbonyl (C=O) groups is 2. The summed E-state index contributed by atoms with van der Waals surface area (Å²) in [4.78, 5) is 28.0. The largest absolute Gasteiger partial charge is 0.479 e. The van der Waals surface area contributed by atoms with Crippen LogP contribution >= 0.6 is 0 Å². The van der Waals surface area contributed by atoms with Crippen LogP contribution in [0.1, 0.15) is 25.7 Å². The number of likely N-dealkylation sites (tertiary alicyclic amines) is 1. The Labute approximate surface area is 99.3 Å². The Bertz CT molecular complexity index is 271. The van der Waals surface area contributed by atoms with Crippen molar-refractivity contribution in [2.24, 2.45) is 0 Å². The molecule has 0 radical (unpaired) electrons. The molecule has 0 aromatic heterocycles. The van der Waals surface area contributed by atoms with Gasteiger partial charge in [-0.05, 0) is 25.7 Å². The number of rotatable bonds is 6. The number of hydrogen-bond acceptors (Lipinski definition) is 4. The molecule has 0 aromatic carbocycles. The highest BCUT2D eigenvalue weighted by Gasteiger charge is 2.28. The van der Waals surface area contributed by atoms with Gasteiger partial charge in [0, 0.05) is 19.2 Å². The van der Waals surface area contributed by atoms with E-state index in [1.165, 1.54) is 0 Å². The van der Waals surface area contributed by atoms with Gasteiger partial charge in [0.15, 0.2) is 6.61 Å². The number of hydrogen-bond donors (Lipinski definition) is 3. The maximum Gasteiger partial charge on any atom is 0.341 e. The first-order valence-corrected chi connectivity index (χ1v) is 5.66. The van der Waals surface area contributed by atoms with Crippen LogP contribution in [-0.2, 0) is 9.63 Å². The van der Waals surface area contributed by atoms with E-state index in [4.69, 9.17) is 10.2 Å². The van der Waals surface area contributed by atoms with Crippen molar-refractivity contribution in [3.05, 3.63) is 0 Å². The predicted molar refractivity (Wildman–Crippen MR) is 58.2 cm³/mol. The van der Waals surface area contributed by atoms with Gasteiger partial charge in [0.1, 0.15) is 0 Å². The highest BCUT2D eigenvalue weighted by molar-refractivity contribution is 5.74. The number of amides is 2. The number of nitrogens with zero attached hydrogens (tertiary/aromatic N) is 1. The SMILES string of the molecule is O=C(O)CONC(=O)N1CCCC1CCCO. The molecule has 98 valence electrons. The van der Waals surface area contributed by atoms with E-state index in [1.807, 2.05) is 0 Å². The van der Waals surface area contributed by atoms with E-state index >= 15 is 0 Å². The summed E-state index contributed by atoms with van der Waals surface area (Å²) in [5.41, 5.74) is 2.11. The fourth-order valence-electron chi connectivity index (χ4n) is 1.95. The Morgan fingerprint density at radius 1 is 1.47 bits per heavy atom. The summed E-state index contributed by atoms with van der Waals surface area (Å²) < 4.78 is 0. The second-order valence-electron chi connectivity index (χ2n) is 3.94. The quantitative estimate of drug-likeness (QED) is 0.571. The lowest BCUT2D eigenvalue weighted by molar-refractivity contribution is -0.144. The number of aliphatic hydroxyl groups is 1. The number of urea groups is 1. The molecule has 1 unspecified atom stereocenters. The van der Waals surface area contributed by atoms with E-state index in [0.29, 0.717) is 13.0 Å². The molecule has 0 bridgehead atoms. The fraction of sp³-hybridized carbons (Fsp3) is 0.800. The van der Waals surface area contributed by atoms with Crippen molar-refractivity contribution < 1.29 is 24.6 Å². The third-order valence-corrected chi connectivity index (χ3v) is 2.69. The Hall–Kier alpha value is -1.34. The van der Waals surface area contributed by atoms with Crippen molar-refractivity contribution in [2.45, 2.75) is 31.7 Å². The molecule has 1 aliphatic rings. The molecule has 3 N–H and O–H groups in total. The second kappa shape index (κ2) is 7.08. The highest BCUT2D eigenvalue weighted by atomic mass is 16.7. The molecule has 1 rings (SSSR count).